The molecule has 1 saturated carbocycles. The van der Waals surface area contributed by atoms with E-state index < -0.39 is 0 Å². The topological polar surface area (TPSA) is 26.9 Å². The van der Waals surface area contributed by atoms with E-state index in [-0.39, 0.29) is 16.4 Å². The van der Waals surface area contributed by atoms with Gasteiger partial charge in [0.15, 0.2) is 0 Å². The number of nitrogens with zero attached hydrogens (tertiary/aromatic N) is 2. The van der Waals surface area contributed by atoms with Crippen LogP contribution >= 0.6 is 0 Å². The average Bonchev–Trinajstić information content (AvgIpc) is 3.16. The first-order chi connectivity index (χ1) is 11.8. The Morgan fingerprint density at radius 1 is 1.20 bits per heavy atom. The van der Waals surface area contributed by atoms with Gasteiger partial charge in [0, 0.05) is 23.7 Å². The van der Waals surface area contributed by atoms with Gasteiger partial charge in [0.25, 0.3) is 5.56 Å². The number of rotatable bonds is 1. The third kappa shape index (κ3) is 1.84. The van der Waals surface area contributed by atoms with Crippen molar-refractivity contribution in [1.29, 1.82) is 0 Å². The van der Waals surface area contributed by atoms with E-state index in [1.54, 1.807) is 0 Å². The lowest BCUT2D eigenvalue weighted by molar-refractivity contribution is 0.446. The van der Waals surface area contributed by atoms with Gasteiger partial charge in [0.1, 0.15) is 0 Å². The Labute approximate surface area is 149 Å². The second-order valence-corrected chi connectivity index (χ2v) is 9.17. The summed E-state index contributed by atoms with van der Waals surface area (Å²) < 4.78 is 4.05. The Balaban J connectivity index is 1.74. The summed E-state index contributed by atoms with van der Waals surface area (Å²) in [5.41, 5.74) is 6.51. The number of allylic oxidation sites excluding steroid dienone is 1. The fourth-order valence-corrected chi connectivity index (χ4v) is 5.70. The van der Waals surface area contributed by atoms with Gasteiger partial charge >= 0.3 is 0 Å². The molecule has 2 atom stereocenters. The van der Waals surface area contributed by atoms with E-state index in [4.69, 9.17) is 0 Å². The summed E-state index contributed by atoms with van der Waals surface area (Å²) in [6, 6.07) is 6.51. The molecule has 1 aromatic carbocycles. The molecule has 0 aliphatic heterocycles. The molecule has 0 N–H and O–H groups in total. The number of fused-ring (bicyclic) bond motifs is 6. The minimum absolute atomic E-state index is 0.114. The van der Waals surface area contributed by atoms with Crippen molar-refractivity contribution in [2.75, 3.05) is 0 Å². The third-order valence-electron chi connectivity index (χ3n) is 6.96. The summed E-state index contributed by atoms with van der Waals surface area (Å²) in [5, 5.41) is 0. The van der Waals surface area contributed by atoms with Crippen molar-refractivity contribution in [3.63, 3.8) is 0 Å². The van der Waals surface area contributed by atoms with Crippen LogP contribution in [0.4, 0.5) is 0 Å². The standard InChI is InChI=1S/C22H26N2O/c1-21(2)10-5-6-14-7-8-16(12-17(14)21)24-20(25)18-15-9-11-22(3,13-15)19(18)23(24)4/h5-8,12,15H,9-11,13H2,1-4H3/t15-,22+/m1/s1. The molecule has 25 heavy (non-hydrogen) atoms. The van der Waals surface area contributed by atoms with E-state index in [9.17, 15) is 4.79 Å². The molecular weight excluding hydrogens is 308 g/mol. The maximum absolute atomic E-state index is 13.3. The quantitative estimate of drug-likeness (QED) is 0.759. The Morgan fingerprint density at radius 3 is 2.76 bits per heavy atom. The van der Waals surface area contributed by atoms with Crippen LogP contribution in [-0.2, 0) is 17.9 Å². The van der Waals surface area contributed by atoms with Gasteiger partial charge in [-0.25, -0.2) is 4.68 Å². The van der Waals surface area contributed by atoms with Crippen LogP contribution in [0, 0.1) is 0 Å². The monoisotopic (exact) mass is 334 g/mol. The predicted octanol–water partition coefficient (Wildman–Crippen LogP) is 4.41. The first-order valence-corrected chi connectivity index (χ1v) is 9.46. The van der Waals surface area contributed by atoms with E-state index in [1.165, 1.54) is 29.7 Å². The highest BCUT2D eigenvalue weighted by molar-refractivity contribution is 5.62. The molecule has 1 aromatic heterocycles. The Morgan fingerprint density at radius 2 is 2.00 bits per heavy atom. The number of hydrogen-bond donors (Lipinski definition) is 0. The van der Waals surface area contributed by atoms with E-state index in [1.807, 2.05) is 4.68 Å². The number of aromatic nitrogens is 2. The van der Waals surface area contributed by atoms with Crippen molar-refractivity contribution < 1.29 is 0 Å². The zero-order valence-electron chi connectivity index (χ0n) is 15.6. The van der Waals surface area contributed by atoms with Crippen molar-refractivity contribution in [3.8, 4) is 5.69 Å². The normalized spacial score (nSPS) is 28.2. The van der Waals surface area contributed by atoms with Crippen LogP contribution < -0.4 is 5.56 Å². The van der Waals surface area contributed by atoms with Gasteiger partial charge in [0.05, 0.1) is 5.69 Å². The SMILES string of the molecule is Cn1c2c(c(=O)n1-c1ccc3c(c1)C(C)(C)CC=C3)[C@@H]1CC[C@@]2(C)C1. The molecule has 2 bridgehead atoms. The van der Waals surface area contributed by atoms with Crippen molar-refractivity contribution in [1.82, 2.24) is 9.36 Å². The number of hydrogen-bond acceptors (Lipinski definition) is 1. The summed E-state index contributed by atoms with van der Waals surface area (Å²) in [4.78, 5) is 13.3. The van der Waals surface area contributed by atoms with Gasteiger partial charge in [-0.3, -0.25) is 9.48 Å². The first kappa shape index (κ1) is 15.2. The van der Waals surface area contributed by atoms with Crippen LogP contribution in [0.1, 0.15) is 74.8 Å². The fraction of sp³-hybridized carbons (Fsp3) is 0.500. The lowest BCUT2D eigenvalue weighted by atomic mass is 9.76. The van der Waals surface area contributed by atoms with Crippen LogP contribution in [0.2, 0.25) is 0 Å². The molecule has 5 rings (SSSR count). The Kier molecular flexibility index (Phi) is 2.79. The van der Waals surface area contributed by atoms with Crippen LogP contribution in [0.3, 0.4) is 0 Å². The molecule has 130 valence electrons. The molecule has 2 aromatic rings. The van der Waals surface area contributed by atoms with Gasteiger partial charge in [-0.15, -0.1) is 0 Å². The zero-order valence-corrected chi connectivity index (χ0v) is 15.6. The molecule has 3 heteroatoms. The molecule has 3 nitrogen and oxygen atoms in total. The summed E-state index contributed by atoms with van der Waals surface area (Å²) in [6.07, 6.45) is 9.05. The van der Waals surface area contributed by atoms with E-state index in [2.05, 4.69) is 62.9 Å². The Hall–Kier alpha value is -2.03. The lowest BCUT2D eigenvalue weighted by Crippen LogP contribution is -2.26. The minimum Gasteiger partial charge on any atom is -0.284 e. The molecule has 0 spiro atoms. The van der Waals surface area contributed by atoms with Crippen molar-refractivity contribution >= 4 is 6.08 Å². The maximum atomic E-state index is 13.3. The highest BCUT2D eigenvalue weighted by Gasteiger charge is 2.50. The van der Waals surface area contributed by atoms with Crippen LogP contribution in [-0.4, -0.2) is 9.36 Å². The molecule has 1 fully saturated rings. The molecule has 0 unspecified atom stereocenters. The van der Waals surface area contributed by atoms with Crippen molar-refractivity contribution in [3.05, 3.63) is 57.0 Å². The molecular formula is C22H26N2O. The third-order valence-corrected chi connectivity index (χ3v) is 6.96. The summed E-state index contributed by atoms with van der Waals surface area (Å²) in [7, 11) is 2.07. The molecule has 0 radical (unpaired) electrons. The number of benzene rings is 1. The summed E-state index contributed by atoms with van der Waals surface area (Å²) in [5.74, 6) is 0.469. The van der Waals surface area contributed by atoms with Crippen molar-refractivity contribution in [2.24, 2.45) is 7.05 Å². The van der Waals surface area contributed by atoms with Crippen LogP contribution in [0.15, 0.2) is 29.1 Å². The fourth-order valence-electron chi connectivity index (χ4n) is 5.70. The molecule has 0 amide bonds. The zero-order chi connectivity index (χ0) is 17.6. The molecule has 0 saturated heterocycles. The Bertz CT molecular complexity index is 988. The largest absolute Gasteiger partial charge is 0.284 e. The van der Waals surface area contributed by atoms with Crippen LogP contribution in [0.25, 0.3) is 11.8 Å². The molecule has 1 heterocycles. The van der Waals surface area contributed by atoms with Gasteiger partial charge < -0.3 is 0 Å². The summed E-state index contributed by atoms with van der Waals surface area (Å²) in [6.45, 7) is 6.91. The van der Waals surface area contributed by atoms with Crippen LogP contribution in [0.5, 0.6) is 0 Å². The van der Waals surface area contributed by atoms with E-state index in [0.29, 0.717) is 5.92 Å². The predicted molar refractivity (Wildman–Crippen MR) is 102 cm³/mol. The lowest BCUT2D eigenvalue weighted by Gasteiger charge is -2.30. The first-order valence-electron chi connectivity index (χ1n) is 9.46. The van der Waals surface area contributed by atoms with Gasteiger partial charge in [-0.2, -0.15) is 0 Å². The van der Waals surface area contributed by atoms with Gasteiger partial charge in [-0.05, 0) is 60.3 Å². The second kappa shape index (κ2) is 4.57. The van der Waals surface area contributed by atoms with Gasteiger partial charge in [-0.1, -0.05) is 39.0 Å². The molecule has 3 aliphatic carbocycles. The smallest absolute Gasteiger partial charge is 0.275 e. The van der Waals surface area contributed by atoms with E-state index in [0.717, 1.165) is 24.1 Å². The van der Waals surface area contributed by atoms with Gasteiger partial charge in [0.2, 0.25) is 0 Å². The van der Waals surface area contributed by atoms with E-state index >= 15 is 0 Å². The summed E-state index contributed by atoms with van der Waals surface area (Å²) >= 11 is 0. The molecule has 3 aliphatic rings. The highest BCUT2D eigenvalue weighted by Crippen LogP contribution is 2.56. The minimum atomic E-state index is 0.114. The second-order valence-electron chi connectivity index (χ2n) is 9.17. The average molecular weight is 334 g/mol. The van der Waals surface area contributed by atoms with Crippen molar-refractivity contribution in [2.45, 2.75) is 63.2 Å². The highest BCUT2D eigenvalue weighted by atomic mass is 16.1. The maximum Gasteiger partial charge on any atom is 0.275 e.